The Balaban J connectivity index is 2.19. The van der Waals surface area contributed by atoms with Crippen molar-refractivity contribution in [1.29, 1.82) is 0 Å². The number of benzene rings is 1. The number of aromatic amines is 1. The molecule has 0 unspecified atom stereocenters. The Hall–Kier alpha value is -2.01. The van der Waals surface area contributed by atoms with Crippen LogP contribution in [0.5, 0.6) is 5.75 Å². The summed E-state index contributed by atoms with van der Waals surface area (Å²) in [5, 5.41) is 1.13. The van der Waals surface area contributed by atoms with Gasteiger partial charge in [-0.05, 0) is 44.3 Å². The van der Waals surface area contributed by atoms with Crippen molar-refractivity contribution in [3.8, 4) is 5.75 Å². The molecular weight excluding hydrogens is 242 g/mol. The van der Waals surface area contributed by atoms with Gasteiger partial charge in [-0.15, -0.1) is 0 Å². The number of primary amides is 1. The van der Waals surface area contributed by atoms with Crippen LogP contribution in [0.4, 0.5) is 0 Å². The Morgan fingerprint density at radius 1 is 1.42 bits per heavy atom. The molecule has 0 bridgehead atoms. The number of hydrogen-bond acceptors (Lipinski definition) is 3. The van der Waals surface area contributed by atoms with E-state index < -0.39 is 5.91 Å². The SMILES string of the molecule is CN(C)CCc1c[nH]c2ccc(OCC(N)=O)cc12. The first-order valence-electron chi connectivity index (χ1n) is 6.22. The summed E-state index contributed by atoms with van der Waals surface area (Å²) in [6.07, 6.45) is 2.98. The molecule has 0 fully saturated rings. The van der Waals surface area contributed by atoms with Crippen LogP contribution < -0.4 is 10.5 Å². The van der Waals surface area contributed by atoms with Gasteiger partial charge in [0.25, 0.3) is 5.91 Å². The molecule has 102 valence electrons. The van der Waals surface area contributed by atoms with Crippen molar-refractivity contribution in [3.05, 3.63) is 30.0 Å². The summed E-state index contributed by atoms with van der Waals surface area (Å²) in [7, 11) is 4.10. The number of aromatic nitrogens is 1. The highest BCUT2D eigenvalue weighted by Crippen LogP contribution is 2.24. The lowest BCUT2D eigenvalue weighted by Gasteiger charge is -2.08. The fourth-order valence-electron chi connectivity index (χ4n) is 1.95. The molecule has 0 atom stereocenters. The van der Waals surface area contributed by atoms with Crippen molar-refractivity contribution in [2.24, 2.45) is 5.73 Å². The van der Waals surface area contributed by atoms with Gasteiger partial charge in [0.05, 0.1) is 0 Å². The zero-order valence-electron chi connectivity index (χ0n) is 11.3. The molecule has 2 rings (SSSR count). The number of likely N-dealkylation sites (N-methyl/N-ethyl adjacent to an activating group) is 1. The summed E-state index contributed by atoms with van der Waals surface area (Å²) in [5.74, 6) is 0.194. The van der Waals surface area contributed by atoms with E-state index in [0.29, 0.717) is 5.75 Å². The number of nitrogens with one attached hydrogen (secondary N) is 1. The maximum absolute atomic E-state index is 10.7. The highest BCUT2D eigenvalue weighted by Gasteiger charge is 2.06. The minimum atomic E-state index is -0.470. The lowest BCUT2D eigenvalue weighted by atomic mass is 10.1. The molecule has 0 aliphatic rings. The van der Waals surface area contributed by atoms with Crippen LogP contribution in [-0.2, 0) is 11.2 Å². The van der Waals surface area contributed by atoms with E-state index in [9.17, 15) is 4.79 Å². The van der Waals surface area contributed by atoms with Crippen LogP contribution in [0.3, 0.4) is 0 Å². The van der Waals surface area contributed by atoms with Crippen LogP contribution >= 0.6 is 0 Å². The first-order chi connectivity index (χ1) is 9.06. The fourth-order valence-corrected chi connectivity index (χ4v) is 1.95. The molecule has 0 aliphatic heterocycles. The maximum Gasteiger partial charge on any atom is 0.255 e. The Bertz CT molecular complexity index is 575. The molecule has 1 heterocycles. The highest BCUT2D eigenvalue weighted by atomic mass is 16.5. The fraction of sp³-hybridized carbons (Fsp3) is 0.357. The van der Waals surface area contributed by atoms with Gasteiger partial charge in [-0.2, -0.15) is 0 Å². The Morgan fingerprint density at radius 3 is 2.89 bits per heavy atom. The van der Waals surface area contributed by atoms with Gasteiger partial charge in [-0.25, -0.2) is 0 Å². The van der Waals surface area contributed by atoms with Gasteiger partial charge in [-0.3, -0.25) is 4.79 Å². The van der Waals surface area contributed by atoms with Crippen LogP contribution in [0.15, 0.2) is 24.4 Å². The molecule has 2 aromatic rings. The summed E-state index contributed by atoms with van der Waals surface area (Å²) < 4.78 is 5.33. The van der Waals surface area contributed by atoms with Crippen molar-refractivity contribution in [1.82, 2.24) is 9.88 Å². The summed E-state index contributed by atoms with van der Waals surface area (Å²) in [6.45, 7) is 0.891. The van der Waals surface area contributed by atoms with Gasteiger partial charge in [-0.1, -0.05) is 0 Å². The molecule has 3 N–H and O–H groups in total. The Morgan fingerprint density at radius 2 is 2.21 bits per heavy atom. The third kappa shape index (κ3) is 3.48. The van der Waals surface area contributed by atoms with Crippen LogP contribution in [0.2, 0.25) is 0 Å². The largest absolute Gasteiger partial charge is 0.484 e. The number of amides is 1. The van der Waals surface area contributed by atoms with Gasteiger partial charge in [0, 0.05) is 23.6 Å². The maximum atomic E-state index is 10.7. The molecule has 0 aliphatic carbocycles. The number of hydrogen-bond donors (Lipinski definition) is 2. The molecule has 0 spiro atoms. The van der Waals surface area contributed by atoms with Crippen molar-refractivity contribution in [2.75, 3.05) is 27.2 Å². The van der Waals surface area contributed by atoms with Crippen LogP contribution in [0.25, 0.3) is 10.9 Å². The molecular formula is C14H19N3O2. The van der Waals surface area contributed by atoms with Crippen LogP contribution in [-0.4, -0.2) is 43.0 Å². The molecule has 1 aromatic carbocycles. The number of fused-ring (bicyclic) bond motifs is 1. The van der Waals surface area contributed by atoms with E-state index in [-0.39, 0.29) is 6.61 Å². The van der Waals surface area contributed by atoms with Gasteiger partial charge >= 0.3 is 0 Å². The second kappa shape index (κ2) is 5.75. The van der Waals surface area contributed by atoms with Crippen molar-refractivity contribution < 1.29 is 9.53 Å². The van der Waals surface area contributed by atoms with Crippen LogP contribution in [0.1, 0.15) is 5.56 Å². The normalized spacial score (nSPS) is 11.1. The van der Waals surface area contributed by atoms with Crippen molar-refractivity contribution >= 4 is 16.8 Å². The molecule has 1 aromatic heterocycles. The predicted octanol–water partition coefficient (Wildman–Crippen LogP) is 1.14. The zero-order valence-corrected chi connectivity index (χ0v) is 11.3. The van der Waals surface area contributed by atoms with Gasteiger partial charge in [0.1, 0.15) is 5.75 Å². The van der Waals surface area contributed by atoms with Gasteiger partial charge < -0.3 is 20.4 Å². The van der Waals surface area contributed by atoms with Crippen molar-refractivity contribution in [2.45, 2.75) is 6.42 Å². The topological polar surface area (TPSA) is 71.3 Å². The van der Waals surface area contributed by atoms with Crippen LogP contribution in [0, 0.1) is 0 Å². The number of H-pyrrole nitrogens is 1. The average Bonchev–Trinajstić information content (AvgIpc) is 2.76. The zero-order chi connectivity index (χ0) is 13.8. The third-order valence-electron chi connectivity index (χ3n) is 2.95. The van der Waals surface area contributed by atoms with E-state index in [1.54, 1.807) is 0 Å². The van der Waals surface area contributed by atoms with E-state index in [4.69, 9.17) is 10.5 Å². The van der Waals surface area contributed by atoms with E-state index in [1.807, 2.05) is 24.4 Å². The average molecular weight is 261 g/mol. The first-order valence-corrected chi connectivity index (χ1v) is 6.22. The first kappa shape index (κ1) is 13.4. The summed E-state index contributed by atoms with van der Waals surface area (Å²) in [6, 6.07) is 5.72. The third-order valence-corrected chi connectivity index (χ3v) is 2.95. The Kier molecular flexibility index (Phi) is 4.06. The summed E-state index contributed by atoms with van der Waals surface area (Å²) in [4.78, 5) is 16.1. The molecule has 0 saturated heterocycles. The lowest BCUT2D eigenvalue weighted by molar-refractivity contribution is -0.119. The second-order valence-corrected chi connectivity index (χ2v) is 4.83. The molecule has 0 saturated carbocycles. The monoisotopic (exact) mass is 261 g/mol. The van der Waals surface area contributed by atoms with E-state index in [0.717, 1.165) is 23.9 Å². The number of nitrogens with two attached hydrogens (primary N) is 1. The predicted molar refractivity (Wildman–Crippen MR) is 75.2 cm³/mol. The number of carbonyl (C=O) groups is 1. The molecule has 5 heteroatoms. The van der Waals surface area contributed by atoms with Gasteiger partial charge in [0.2, 0.25) is 0 Å². The van der Waals surface area contributed by atoms with E-state index >= 15 is 0 Å². The highest BCUT2D eigenvalue weighted by molar-refractivity contribution is 5.84. The van der Waals surface area contributed by atoms with E-state index in [2.05, 4.69) is 24.0 Å². The molecule has 19 heavy (non-hydrogen) atoms. The Labute approximate surface area is 112 Å². The minimum Gasteiger partial charge on any atom is -0.484 e. The minimum absolute atomic E-state index is 0.0943. The number of ether oxygens (including phenoxy) is 1. The van der Waals surface area contributed by atoms with E-state index in [1.165, 1.54) is 5.56 Å². The lowest BCUT2D eigenvalue weighted by Crippen LogP contribution is -2.19. The quantitative estimate of drug-likeness (QED) is 0.819. The van der Waals surface area contributed by atoms with Crippen molar-refractivity contribution in [3.63, 3.8) is 0 Å². The molecule has 1 amide bonds. The number of nitrogens with zero attached hydrogens (tertiary/aromatic N) is 1. The second-order valence-electron chi connectivity index (χ2n) is 4.83. The van der Waals surface area contributed by atoms with Gasteiger partial charge in [0.15, 0.2) is 6.61 Å². The molecule has 5 nitrogen and oxygen atoms in total. The molecule has 0 radical (unpaired) electrons. The smallest absolute Gasteiger partial charge is 0.255 e. The summed E-state index contributed by atoms with van der Waals surface area (Å²) in [5.41, 5.74) is 7.38. The standard InChI is InChI=1S/C14H19N3O2/c1-17(2)6-5-10-8-16-13-4-3-11(7-12(10)13)19-9-14(15)18/h3-4,7-8,16H,5-6,9H2,1-2H3,(H2,15,18). The summed E-state index contributed by atoms with van der Waals surface area (Å²) >= 11 is 0. The number of rotatable bonds is 6. The number of carbonyl (C=O) groups excluding carboxylic acids is 1.